The molecule has 0 N–H and O–H groups in total. The molecule has 0 spiro atoms. The van der Waals surface area contributed by atoms with E-state index < -0.39 is 0 Å². The van der Waals surface area contributed by atoms with Gasteiger partial charge in [-0.2, -0.15) is 0 Å². The molecule has 5 heteroatoms. The van der Waals surface area contributed by atoms with E-state index in [9.17, 15) is 9.59 Å². The highest BCUT2D eigenvalue weighted by atomic mass is 16.2. The maximum atomic E-state index is 13.5. The number of likely N-dealkylation sites (tertiary alicyclic amines) is 1. The summed E-state index contributed by atoms with van der Waals surface area (Å²) in [4.78, 5) is 32.7. The molecule has 0 bridgehead atoms. The zero-order valence-corrected chi connectivity index (χ0v) is 17.8. The number of carbonyl (C=O) groups excluding carboxylic acids is 2. The number of imide groups is 1. The van der Waals surface area contributed by atoms with Crippen LogP contribution in [0.1, 0.15) is 38.7 Å². The first-order chi connectivity index (χ1) is 14.7. The molecule has 2 heterocycles. The molecule has 2 aliphatic rings. The van der Waals surface area contributed by atoms with Crippen molar-refractivity contribution in [1.82, 2.24) is 4.90 Å². The molecule has 1 saturated heterocycles. The normalized spacial score (nSPS) is 17.1. The van der Waals surface area contributed by atoms with Crippen molar-refractivity contribution in [2.24, 2.45) is 0 Å². The monoisotopic (exact) mass is 403 g/mol. The minimum absolute atomic E-state index is 0.212. The lowest BCUT2D eigenvalue weighted by Crippen LogP contribution is -2.37. The maximum absolute atomic E-state index is 13.5. The van der Waals surface area contributed by atoms with Crippen LogP contribution in [-0.4, -0.2) is 42.9 Å². The topological polar surface area (TPSA) is 43.9 Å². The summed E-state index contributed by atoms with van der Waals surface area (Å²) < 4.78 is 0. The molecule has 0 saturated carbocycles. The third-order valence-corrected chi connectivity index (χ3v) is 6.03. The molecule has 156 valence electrons. The predicted octanol–water partition coefficient (Wildman–Crippen LogP) is 4.30. The second-order valence-electron chi connectivity index (χ2n) is 7.77. The van der Waals surface area contributed by atoms with Crippen LogP contribution in [0, 0.1) is 0 Å². The van der Waals surface area contributed by atoms with Crippen LogP contribution in [0.3, 0.4) is 0 Å². The minimum atomic E-state index is -0.234. The summed E-state index contributed by atoms with van der Waals surface area (Å²) in [6.45, 7) is 7.70. The fourth-order valence-corrected chi connectivity index (χ4v) is 4.43. The van der Waals surface area contributed by atoms with E-state index in [0.717, 1.165) is 50.3 Å². The molecule has 1 fully saturated rings. The molecule has 2 amide bonds. The second-order valence-corrected chi connectivity index (χ2v) is 7.77. The van der Waals surface area contributed by atoms with E-state index in [1.807, 2.05) is 54.6 Å². The van der Waals surface area contributed by atoms with Crippen molar-refractivity contribution >= 4 is 28.8 Å². The van der Waals surface area contributed by atoms with Crippen LogP contribution >= 0.6 is 0 Å². The number of anilines is 2. The number of hydrogen-bond acceptors (Lipinski definition) is 4. The average Bonchev–Trinajstić information content (AvgIpc) is 3.06. The number of amides is 2. The van der Waals surface area contributed by atoms with Crippen LogP contribution in [0.25, 0.3) is 5.57 Å². The van der Waals surface area contributed by atoms with Gasteiger partial charge >= 0.3 is 0 Å². The van der Waals surface area contributed by atoms with Crippen LogP contribution in [0.2, 0.25) is 0 Å². The van der Waals surface area contributed by atoms with E-state index in [1.165, 1.54) is 11.3 Å². The first-order valence-electron chi connectivity index (χ1n) is 10.9. The Morgan fingerprint density at radius 1 is 0.800 bits per heavy atom. The Bertz CT molecular complexity index is 940. The van der Waals surface area contributed by atoms with Gasteiger partial charge in [0.05, 0.1) is 11.3 Å². The SMILES string of the molecule is CCN(CC)c1ccc(N2C(=O)C(c3ccccc3)=C(N3CCCCC3)C2=O)cc1. The van der Waals surface area contributed by atoms with Gasteiger partial charge in [0.2, 0.25) is 0 Å². The molecule has 0 unspecified atom stereocenters. The van der Waals surface area contributed by atoms with E-state index in [0.29, 0.717) is 17.0 Å². The Kier molecular flexibility index (Phi) is 5.88. The molecule has 0 aliphatic carbocycles. The predicted molar refractivity (Wildman–Crippen MR) is 121 cm³/mol. The highest BCUT2D eigenvalue weighted by Gasteiger charge is 2.42. The Labute approximate surface area is 178 Å². The molecular formula is C25H29N3O2. The van der Waals surface area contributed by atoms with Crippen LogP contribution in [-0.2, 0) is 9.59 Å². The van der Waals surface area contributed by atoms with Crippen molar-refractivity contribution in [3.05, 3.63) is 65.9 Å². The summed E-state index contributed by atoms with van der Waals surface area (Å²) in [5.41, 5.74) is 3.60. The van der Waals surface area contributed by atoms with Crippen molar-refractivity contribution in [3.8, 4) is 0 Å². The van der Waals surface area contributed by atoms with Crippen molar-refractivity contribution in [1.29, 1.82) is 0 Å². The summed E-state index contributed by atoms with van der Waals surface area (Å²) in [6, 6.07) is 17.3. The quantitative estimate of drug-likeness (QED) is 0.675. The minimum Gasteiger partial charge on any atom is -0.372 e. The van der Waals surface area contributed by atoms with Gasteiger partial charge < -0.3 is 9.80 Å². The highest BCUT2D eigenvalue weighted by molar-refractivity contribution is 6.45. The number of hydrogen-bond donors (Lipinski definition) is 0. The zero-order chi connectivity index (χ0) is 21.1. The van der Waals surface area contributed by atoms with Crippen molar-refractivity contribution in [2.45, 2.75) is 33.1 Å². The van der Waals surface area contributed by atoms with Gasteiger partial charge in [0.15, 0.2) is 0 Å². The van der Waals surface area contributed by atoms with Crippen molar-refractivity contribution < 1.29 is 9.59 Å². The molecule has 0 radical (unpaired) electrons. The molecule has 0 aromatic heterocycles. The number of piperidine rings is 1. The lowest BCUT2D eigenvalue weighted by molar-refractivity contribution is -0.120. The molecule has 0 atom stereocenters. The van der Waals surface area contributed by atoms with E-state index in [1.54, 1.807) is 0 Å². The number of rotatable bonds is 6. The Balaban J connectivity index is 1.72. The highest BCUT2D eigenvalue weighted by Crippen LogP contribution is 2.36. The van der Waals surface area contributed by atoms with Gasteiger partial charge in [0, 0.05) is 31.9 Å². The standard InChI is InChI=1S/C25H29N3O2/c1-3-26(4-2)20-13-15-21(16-14-20)28-24(29)22(19-11-7-5-8-12-19)23(25(28)30)27-17-9-6-10-18-27/h5,7-8,11-16H,3-4,6,9-10,17-18H2,1-2H3. The summed E-state index contributed by atoms with van der Waals surface area (Å²) in [6.07, 6.45) is 3.26. The lowest BCUT2D eigenvalue weighted by atomic mass is 10.0. The summed E-state index contributed by atoms with van der Waals surface area (Å²) in [5.74, 6) is -0.446. The van der Waals surface area contributed by atoms with Gasteiger partial charge in [0.1, 0.15) is 5.70 Å². The molecule has 30 heavy (non-hydrogen) atoms. The van der Waals surface area contributed by atoms with Crippen LogP contribution in [0.15, 0.2) is 60.3 Å². The fraction of sp³-hybridized carbons (Fsp3) is 0.360. The molecular weight excluding hydrogens is 374 g/mol. The number of benzene rings is 2. The number of carbonyl (C=O) groups is 2. The van der Waals surface area contributed by atoms with Gasteiger partial charge in [-0.05, 0) is 62.9 Å². The average molecular weight is 404 g/mol. The lowest BCUT2D eigenvalue weighted by Gasteiger charge is -2.29. The van der Waals surface area contributed by atoms with Gasteiger partial charge in [0.25, 0.3) is 11.8 Å². The zero-order valence-electron chi connectivity index (χ0n) is 17.8. The van der Waals surface area contributed by atoms with Crippen molar-refractivity contribution in [3.63, 3.8) is 0 Å². The fourth-order valence-electron chi connectivity index (χ4n) is 4.43. The molecule has 2 aliphatic heterocycles. The smallest absolute Gasteiger partial charge is 0.282 e. The van der Waals surface area contributed by atoms with E-state index in [-0.39, 0.29) is 11.8 Å². The van der Waals surface area contributed by atoms with E-state index in [2.05, 4.69) is 23.6 Å². The molecule has 2 aromatic carbocycles. The third kappa shape index (κ3) is 3.60. The Morgan fingerprint density at radius 3 is 2.03 bits per heavy atom. The molecule has 2 aromatic rings. The summed E-state index contributed by atoms with van der Waals surface area (Å²) >= 11 is 0. The molecule has 5 nitrogen and oxygen atoms in total. The third-order valence-electron chi connectivity index (χ3n) is 6.03. The van der Waals surface area contributed by atoms with E-state index in [4.69, 9.17) is 0 Å². The summed E-state index contributed by atoms with van der Waals surface area (Å²) in [7, 11) is 0. The Morgan fingerprint density at radius 2 is 1.43 bits per heavy atom. The van der Waals surface area contributed by atoms with Crippen molar-refractivity contribution in [2.75, 3.05) is 36.0 Å². The first kappa shape index (κ1) is 20.2. The largest absolute Gasteiger partial charge is 0.372 e. The molecule has 4 rings (SSSR count). The maximum Gasteiger partial charge on any atom is 0.282 e. The van der Waals surface area contributed by atoms with E-state index >= 15 is 0 Å². The summed E-state index contributed by atoms with van der Waals surface area (Å²) in [5, 5.41) is 0. The van der Waals surface area contributed by atoms with Crippen LogP contribution in [0.5, 0.6) is 0 Å². The van der Waals surface area contributed by atoms with Crippen LogP contribution < -0.4 is 9.80 Å². The second kappa shape index (κ2) is 8.74. The van der Waals surface area contributed by atoms with Gasteiger partial charge in [-0.1, -0.05) is 30.3 Å². The Hall–Kier alpha value is -3.08. The van der Waals surface area contributed by atoms with Gasteiger partial charge in [-0.25, -0.2) is 4.90 Å². The number of nitrogens with zero attached hydrogens (tertiary/aromatic N) is 3. The first-order valence-corrected chi connectivity index (χ1v) is 10.9. The van der Waals surface area contributed by atoms with Gasteiger partial charge in [-0.15, -0.1) is 0 Å². The van der Waals surface area contributed by atoms with Crippen LogP contribution in [0.4, 0.5) is 11.4 Å². The van der Waals surface area contributed by atoms with Gasteiger partial charge in [-0.3, -0.25) is 9.59 Å².